The van der Waals surface area contributed by atoms with Crippen molar-refractivity contribution in [2.75, 3.05) is 26.8 Å². The molecule has 0 saturated heterocycles. The number of hydrogen-bond acceptors (Lipinski definition) is 4. The number of para-hydroxylation sites is 1. The molecular weight excluding hydrogens is 270 g/mol. The van der Waals surface area contributed by atoms with Crippen LogP contribution in [0.15, 0.2) is 30.3 Å². The maximum atomic E-state index is 12.1. The minimum absolute atomic E-state index is 0.0166. The number of methoxy groups -OCH3 is 1. The molecule has 21 heavy (non-hydrogen) atoms. The van der Waals surface area contributed by atoms with Crippen LogP contribution in [0.4, 0.5) is 0 Å². The Balaban J connectivity index is 2.31. The van der Waals surface area contributed by atoms with E-state index >= 15 is 0 Å². The van der Waals surface area contributed by atoms with E-state index in [1.165, 1.54) is 12.0 Å². The quantitative estimate of drug-likeness (QED) is 0.517. The number of esters is 1. The summed E-state index contributed by atoms with van der Waals surface area (Å²) < 4.78 is 10.1. The monoisotopic (exact) mass is 293 g/mol. The molecule has 0 radical (unpaired) electrons. The average Bonchev–Trinajstić information content (AvgIpc) is 2.51. The van der Waals surface area contributed by atoms with E-state index in [4.69, 9.17) is 4.74 Å². The van der Waals surface area contributed by atoms with Gasteiger partial charge < -0.3 is 14.4 Å². The van der Waals surface area contributed by atoms with Crippen LogP contribution in [0.5, 0.6) is 5.75 Å². The molecule has 0 fully saturated rings. The van der Waals surface area contributed by atoms with E-state index in [1.807, 2.05) is 37.3 Å². The SMILES string of the molecule is CCCN(CC(=O)OC)C(=O)CCCOc1ccccc1. The van der Waals surface area contributed by atoms with Gasteiger partial charge in [0.1, 0.15) is 12.3 Å². The molecule has 116 valence electrons. The summed E-state index contributed by atoms with van der Waals surface area (Å²) in [5.41, 5.74) is 0. The number of carbonyl (C=O) groups is 2. The molecule has 5 heteroatoms. The molecule has 1 aromatic carbocycles. The molecule has 0 aliphatic heterocycles. The summed E-state index contributed by atoms with van der Waals surface area (Å²) in [6.45, 7) is 3.03. The van der Waals surface area contributed by atoms with Gasteiger partial charge >= 0.3 is 5.97 Å². The third kappa shape index (κ3) is 6.79. The van der Waals surface area contributed by atoms with Crippen LogP contribution in [0, 0.1) is 0 Å². The van der Waals surface area contributed by atoms with Crippen molar-refractivity contribution in [1.82, 2.24) is 4.90 Å². The van der Waals surface area contributed by atoms with E-state index in [1.54, 1.807) is 0 Å². The van der Waals surface area contributed by atoms with Crippen molar-refractivity contribution < 1.29 is 19.1 Å². The molecule has 0 heterocycles. The lowest BCUT2D eigenvalue weighted by molar-refractivity contribution is -0.147. The number of nitrogens with zero attached hydrogens (tertiary/aromatic N) is 1. The van der Waals surface area contributed by atoms with Crippen LogP contribution in [0.1, 0.15) is 26.2 Å². The molecular formula is C16H23NO4. The van der Waals surface area contributed by atoms with E-state index in [-0.39, 0.29) is 12.5 Å². The second-order valence-electron chi connectivity index (χ2n) is 4.66. The van der Waals surface area contributed by atoms with Gasteiger partial charge in [0.25, 0.3) is 0 Å². The summed E-state index contributed by atoms with van der Waals surface area (Å²) in [4.78, 5) is 24.9. The Morgan fingerprint density at radius 2 is 1.90 bits per heavy atom. The van der Waals surface area contributed by atoms with Crippen molar-refractivity contribution in [3.8, 4) is 5.75 Å². The van der Waals surface area contributed by atoms with Crippen molar-refractivity contribution >= 4 is 11.9 Å². The molecule has 0 unspecified atom stereocenters. The van der Waals surface area contributed by atoms with E-state index in [0.29, 0.717) is 26.0 Å². The number of amides is 1. The summed E-state index contributed by atoms with van der Waals surface area (Å²) in [5.74, 6) is 0.362. The third-order valence-electron chi connectivity index (χ3n) is 2.94. The summed E-state index contributed by atoms with van der Waals surface area (Å²) in [6.07, 6.45) is 1.79. The average molecular weight is 293 g/mol. The third-order valence-corrected chi connectivity index (χ3v) is 2.94. The molecule has 1 amide bonds. The van der Waals surface area contributed by atoms with Crippen molar-refractivity contribution in [3.63, 3.8) is 0 Å². The highest BCUT2D eigenvalue weighted by molar-refractivity contribution is 5.82. The molecule has 0 atom stereocenters. The molecule has 0 aliphatic rings. The van der Waals surface area contributed by atoms with Crippen molar-refractivity contribution in [2.24, 2.45) is 0 Å². The van der Waals surface area contributed by atoms with Crippen LogP contribution in [-0.2, 0) is 14.3 Å². The minimum Gasteiger partial charge on any atom is -0.494 e. The Morgan fingerprint density at radius 3 is 2.52 bits per heavy atom. The Morgan fingerprint density at radius 1 is 1.19 bits per heavy atom. The van der Waals surface area contributed by atoms with Crippen LogP contribution >= 0.6 is 0 Å². The maximum Gasteiger partial charge on any atom is 0.325 e. The van der Waals surface area contributed by atoms with Gasteiger partial charge in [-0.15, -0.1) is 0 Å². The summed E-state index contributed by atoms with van der Waals surface area (Å²) in [7, 11) is 1.32. The minimum atomic E-state index is -0.391. The summed E-state index contributed by atoms with van der Waals surface area (Å²) >= 11 is 0. The number of benzene rings is 1. The van der Waals surface area contributed by atoms with Crippen molar-refractivity contribution in [2.45, 2.75) is 26.2 Å². The Bertz CT molecular complexity index is 433. The van der Waals surface area contributed by atoms with Gasteiger partial charge in [-0.25, -0.2) is 0 Å². The van der Waals surface area contributed by atoms with Gasteiger partial charge in [0, 0.05) is 13.0 Å². The Kier molecular flexibility index (Phi) is 7.94. The van der Waals surface area contributed by atoms with E-state index < -0.39 is 5.97 Å². The number of carbonyl (C=O) groups excluding carboxylic acids is 2. The molecule has 0 bridgehead atoms. The van der Waals surface area contributed by atoms with Crippen molar-refractivity contribution in [3.05, 3.63) is 30.3 Å². The van der Waals surface area contributed by atoms with Gasteiger partial charge in [0.15, 0.2) is 0 Å². The fourth-order valence-electron chi connectivity index (χ4n) is 1.87. The number of ether oxygens (including phenoxy) is 2. The molecule has 0 saturated carbocycles. The van der Waals surface area contributed by atoms with Gasteiger partial charge in [-0.05, 0) is 25.0 Å². The van der Waals surface area contributed by atoms with Crippen LogP contribution < -0.4 is 4.74 Å². The van der Waals surface area contributed by atoms with Crippen LogP contribution in [0.25, 0.3) is 0 Å². The highest BCUT2D eigenvalue weighted by atomic mass is 16.5. The Hall–Kier alpha value is -2.04. The molecule has 5 nitrogen and oxygen atoms in total. The van der Waals surface area contributed by atoms with Crippen LogP contribution in [0.3, 0.4) is 0 Å². The summed E-state index contributed by atoms with van der Waals surface area (Å²) in [6, 6.07) is 9.48. The van der Waals surface area contributed by atoms with Crippen LogP contribution in [-0.4, -0.2) is 43.6 Å². The standard InChI is InChI=1S/C16H23NO4/c1-3-11-17(13-16(19)20-2)15(18)10-7-12-21-14-8-5-4-6-9-14/h4-6,8-9H,3,7,10-13H2,1-2H3. The molecule has 1 rings (SSSR count). The molecule has 0 aromatic heterocycles. The molecule has 0 aliphatic carbocycles. The second-order valence-corrected chi connectivity index (χ2v) is 4.66. The lowest BCUT2D eigenvalue weighted by atomic mass is 10.2. The van der Waals surface area contributed by atoms with Crippen LogP contribution in [0.2, 0.25) is 0 Å². The first-order valence-corrected chi connectivity index (χ1v) is 7.19. The number of hydrogen-bond donors (Lipinski definition) is 0. The van der Waals surface area contributed by atoms with Gasteiger partial charge in [-0.1, -0.05) is 25.1 Å². The van der Waals surface area contributed by atoms with E-state index in [2.05, 4.69) is 4.74 Å². The zero-order valence-corrected chi connectivity index (χ0v) is 12.7. The molecule has 0 spiro atoms. The lowest BCUT2D eigenvalue weighted by Crippen LogP contribution is -2.36. The zero-order chi connectivity index (χ0) is 15.5. The van der Waals surface area contributed by atoms with Crippen molar-refractivity contribution in [1.29, 1.82) is 0 Å². The van der Waals surface area contributed by atoms with E-state index in [0.717, 1.165) is 12.2 Å². The van der Waals surface area contributed by atoms with E-state index in [9.17, 15) is 9.59 Å². The Labute approximate surface area is 125 Å². The summed E-state index contributed by atoms with van der Waals surface area (Å²) in [5, 5.41) is 0. The fourth-order valence-corrected chi connectivity index (χ4v) is 1.87. The smallest absolute Gasteiger partial charge is 0.325 e. The maximum absolute atomic E-state index is 12.1. The molecule has 0 N–H and O–H groups in total. The van der Waals surface area contributed by atoms with Gasteiger partial charge in [-0.2, -0.15) is 0 Å². The second kappa shape index (κ2) is 9.80. The van der Waals surface area contributed by atoms with Gasteiger partial charge in [0.2, 0.25) is 5.91 Å². The van der Waals surface area contributed by atoms with Gasteiger partial charge in [0.05, 0.1) is 13.7 Å². The number of rotatable bonds is 9. The fraction of sp³-hybridized carbons (Fsp3) is 0.500. The normalized spacial score (nSPS) is 10.0. The largest absolute Gasteiger partial charge is 0.494 e. The first kappa shape index (κ1) is 17.0. The first-order valence-electron chi connectivity index (χ1n) is 7.19. The topological polar surface area (TPSA) is 55.8 Å². The first-order chi connectivity index (χ1) is 10.2. The highest BCUT2D eigenvalue weighted by Gasteiger charge is 2.16. The predicted octanol–water partition coefficient (Wildman–Crippen LogP) is 2.26. The molecule has 1 aromatic rings. The lowest BCUT2D eigenvalue weighted by Gasteiger charge is -2.20. The highest BCUT2D eigenvalue weighted by Crippen LogP contribution is 2.09. The zero-order valence-electron chi connectivity index (χ0n) is 12.7. The predicted molar refractivity (Wildman–Crippen MR) is 80.1 cm³/mol. The van der Waals surface area contributed by atoms with Gasteiger partial charge in [-0.3, -0.25) is 9.59 Å².